The Morgan fingerprint density at radius 3 is 2.43 bits per heavy atom. The summed E-state index contributed by atoms with van der Waals surface area (Å²) in [6.45, 7) is 8.00. The molecule has 0 aliphatic carbocycles. The molecule has 3 heterocycles. The van der Waals surface area contributed by atoms with E-state index in [1.54, 1.807) is 6.33 Å². The van der Waals surface area contributed by atoms with E-state index >= 15 is 0 Å². The van der Waals surface area contributed by atoms with Gasteiger partial charge in [-0.3, -0.25) is 0 Å². The van der Waals surface area contributed by atoms with Gasteiger partial charge >= 0.3 is 0 Å². The standard InChI is InChI=1S/C25H26N4O/c1-17-8-7-11-21(12-17)29-15-22(20-9-5-4-6-10-20)23-24(26-16-27-25(23)29)28-13-18(2)30-19(3)14-28/h4-12,15-16,18-19H,13-14H2,1-3H3. The number of morpholine rings is 1. The van der Waals surface area contributed by atoms with E-state index < -0.39 is 0 Å². The van der Waals surface area contributed by atoms with Crippen molar-refractivity contribution in [2.45, 2.75) is 33.0 Å². The van der Waals surface area contributed by atoms with Crippen LogP contribution in [0.1, 0.15) is 19.4 Å². The molecule has 1 saturated heterocycles. The Bertz CT molecular complexity index is 1170. The fourth-order valence-electron chi connectivity index (χ4n) is 4.45. The van der Waals surface area contributed by atoms with Crippen molar-refractivity contribution in [2.24, 2.45) is 0 Å². The third-order valence-electron chi connectivity index (χ3n) is 5.65. The minimum atomic E-state index is 0.165. The number of nitrogens with zero attached hydrogens (tertiary/aromatic N) is 4. The number of anilines is 1. The normalized spacial score (nSPS) is 19.4. The van der Waals surface area contributed by atoms with Crippen LogP contribution >= 0.6 is 0 Å². The van der Waals surface area contributed by atoms with Crippen molar-refractivity contribution in [3.63, 3.8) is 0 Å². The van der Waals surface area contributed by atoms with E-state index in [9.17, 15) is 0 Å². The van der Waals surface area contributed by atoms with Gasteiger partial charge in [-0.1, -0.05) is 42.5 Å². The second-order valence-electron chi connectivity index (χ2n) is 8.18. The summed E-state index contributed by atoms with van der Waals surface area (Å²) in [6.07, 6.45) is 4.21. The highest BCUT2D eigenvalue weighted by molar-refractivity contribution is 6.02. The Kier molecular flexibility index (Phi) is 4.75. The van der Waals surface area contributed by atoms with E-state index in [0.717, 1.165) is 41.2 Å². The number of hydrogen-bond acceptors (Lipinski definition) is 4. The molecule has 5 heteroatoms. The number of aromatic nitrogens is 3. The predicted molar refractivity (Wildman–Crippen MR) is 121 cm³/mol. The summed E-state index contributed by atoms with van der Waals surface area (Å²) in [5, 5.41) is 1.09. The predicted octanol–water partition coefficient (Wildman–Crippen LogP) is 5.01. The van der Waals surface area contributed by atoms with Crippen LogP contribution in [0.5, 0.6) is 0 Å². The van der Waals surface area contributed by atoms with E-state index in [-0.39, 0.29) is 12.2 Å². The van der Waals surface area contributed by atoms with Gasteiger partial charge in [0.05, 0.1) is 17.6 Å². The number of hydrogen-bond donors (Lipinski definition) is 0. The molecule has 30 heavy (non-hydrogen) atoms. The number of benzene rings is 2. The molecule has 0 N–H and O–H groups in total. The van der Waals surface area contributed by atoms with Gasteiger partial charge in [-0.2, -0.15) is 0 Å². The molecule has 4 aromatic rings. The van der Waals surface area contributed by atoms with Crippen LogP contribution in [0.4, 0.5) is 5.82 Å². The van der Waals surface area contributed by atoms with Crippen LogP contribution < -0.4 is 4.90 Å². The number of fused-ring (bicyclic) bond motifs is 1. The minimum absolute atomic E-state index is 0.165. The molecule has 1 aliphatic rings. The molecule has 0 amide bonds. The molecular formula is C25H26N4O. The van der Waals surface area contributed by atoms with E-state index in [1.165, 1.54) is 11.1 Å². The Morgan fingerprint density at radius 1 is 0.933 bits per heavy atom. The second-order valence-corrected chi connectivity index (χ2v) is 8.18. The van der Waals surface area contributed by atoms with Crippen molar-refractivity contribution in [2.75, 3.05) is 18.0 Å². The minimum Gasteiger partial charge on any atom is -0.372 e. The largest absolute Gasteiger partial charge is 0.372 e. The number of aryl methyl sites for hydroxylation is 1. The monoisotopic (exact) mass is 398 g/mol. The average molecular weight is 399 g/mol. The average Bonchev–Trinajstić information content (AvgIpc) is 3.13. The highest BCUT2D eigenvalue weighted by Gasteiger charge is 2.27. The van der Waals surface area contributed by atoms with Gasteiger partial charge in [0, 0.05) is 30.5 Å². The zero-order valence-corrected chi connectivity index (χ0v) is 17.6. The summed E-state index contributed by atoms with van der Waals surface area (Å²) >= 11 is 0. The summed E-state index contributed by atoms with van der Waals surface area (Å²) in [4.78, 5) is 11.8. The quantitative estimate of drug-likeness (QED) is 0.487. The maximum atomic E-state index is 5.96. The van der Waals surface area contributed by atoms with E-state index in [1.807, 2.05) is 6.07 Å². The van der Waals surface area contributed by atoms with Gasteiger partial charge in [-0.25, -0.2) is 9.97 Å². The van der Waals surface area contributed by atoms with Gasteiger partial charge in [0.15, 0.2) is 5.65 Å². The van der Waals surface area contributed by atoms with E-state index in [4.69, 9.17) is 14.7 Å². The summed E-state index contributed by atoms with van der Waals surface area (Å²) in [7, 11) is 0. The number of ether oxygens (including phenoxy) is 1. The topological polar surface area (TPSA) is 43.2 Å². The second kappa shape index (κ2) is 7.58. The van der Waals surface area contributed by atoms with Gasteiger partial charge in [0.2, 0.25) is 0 Å². The maximum absolute atomic E-state index is 5.96. The summed E-state index contributed by atoms with van der Waals surface area (Å²) < 4.78 is 8.15. The third-order valence-corrected chi connectivity index (χ3v) is 5.65. The van der Waals surface area contributed by atoms with Crippen LogP contribution in [-0.4, -0.2) is 39.8 Å². The van der Waals surface area contributed by atoms with Crippen molar-refractivity contribution < 1.29 is 4.74 Å². The fourth-order valence-corrected chi connectivity index (χ4v) is 4.45. The molecule has 152 valence electrons. The molecule has 2 aromatic carbocycles. The lowest BCUT2D eigenvalue weighted by atomic mass is 10.1. The van der Waals surface area contributed by atoms with Crippen LogP contribution in [0.2, 0.25) is 0 Å². The van der Waals surface area contributed by atoms with Gasteiger partial charge in [0.1, 0.15) is 12.1 Å². The van der Waals surface area contributed by atoms with Crippen molar-refractivity contribution in [1.82, 2.24) is 14.5 Å². The Morgan fingerprint density at radius 2 is 1.70 bits per heavy atom. The SMILES string of the molecule is Cc1cccc(-n2cc(-c3ccccc3)c3c(N4CC(C)OC(C)C4)ncnc32)c1. The lowest BCUT2D eigenvalue weighted by Crippen LogP contribution is -2.46. The van der Waals surface area contributed by atoms with Crippen LogP contribution in [-0.2, 0) is 4.74 Å². The molecule has 5 rings (SSSR count). The first kappa shape index (κ1) is 18.8. The lowest BCUT2D eigenvalue weighted by molar-refractivity contribution is -0.00537. The Balaban J connectivity index is 1.76. The van der Waals surface area contributed by atoms with Gasteiger partial charge in [-0.05, 0) is 44.0 Å². The zero-order chi connectivity index (χ0) is 20.7. The van der Waals surface area contributed by atoms with Crippen molar-refractivity contribution in [3.05, 3.63) is 72.7 Å². The molecule has 2 unspecified atom stereocenters. The summed E-state index contributed by atoms with van der Waals surface area (Å²) in [6, 6.07) is 19.0. The van der Waals surface area contributed by atoms with Gasteiger partial charge in [0.25, 0.3) is 0 Å². The molecule has 5 nitrogen and oxygen atoms in total. The molecule has 0 spiro atoms. The van der Waals surface area contributed by atoms with Crippen LogP contribution in [0, 0.1) is 6.92 Å². The van der Waals surface area contributed by atoms with Gasteiger partial charge < -0.3 is 14.2 Å². The smallest absolute Gasteiger partial charge is 0.150 e. The molecule has 2 atom stereocenters. The van der Waals surface area contributed by atoms with Crippen LogP contribution in [0.25, 0.3) is 27.8 Å². The van der Waals surface area contributed by atoms with Gasteiger partial charge in [-0.15, -0.1) is 0 Å². The lowest BCUT2D eigenvalue weighted by Gasteiger charge is -2.36. The molecular weight excluding hydrogens is 372 g/mol. The third kappa shape index (κ3) is 3.35. The zero-order valence-electron chi connectivity index (χ0n) is 17.6. The molecule has 0 radical (unpaired) electrons. The first-order valence-corrected chi connectivity index (χ1v) is 10.5. The highest BCUT2D eigenvalue weighted by Crippen LogP contribution is 2.37. The first-order valence-electron chi connectivity index (χ1n) is 10.5. The maximum Gasteiger partial charge on any atom is 0.150 e. The first-order chi connectivity index (χ1) is 14.6. The summed E-state index contributed by atoms with van der Waals surface area (Å²) in [5.41, 5.74) is 5.57. The summed E-state index contributed by atoms with van der Waals surface area (Å²) in [5.74, 6) is 0.979. The van der Waals surface area contributed by atoms with E-state index in [0.29, 0.717) is 0 Å². The van der Waals surface area contributed by atoms with Crippen molar-refractivity contribution in [1.29, 1.82) is 0 Å². The highest BCUT2D eigenvalue weighted by atomic mass is 16.5. The Labute approximate surface area is 177 Å². The van der Waals surface area contributed by atoms with Crippen molar-refractivity contribution >= 4 is 16.9 Å². The number of rotatable bonds is 3. The van der Waals surface area contributed by atoms with E-state index in [2.05, 4.69) is 85.0 Å². The molecule has 1 aliphatic heterocycles. The van der Waals surface area contributed by atoms with Crippen LogP contribution in [0.3, 0.4) is 0 Å². The molecule has 1 fully saturated rings. The molecule has 0 saturated carbocycles. The molecule has 0 bridgehead atoms. The van der Waals surface area contributed by atoms with Crippen molar-refractivity contribution in [3.8, 4) is 16.8 Å². The molecule has 2 aromatic heterocycles. The Hall–Kier alpha value is -3.18. The fraction of sp³-hybridized carbons (Fsp3) is 0.280. The van der Waals surface area contributed by atoms with Crippen LogP contribution in [0.15, 0.2) is 67.1 Å².